The second kappa shape index (κ2) is 7.65. The predicted molar refractivity (Wildman–Crippen MR) is 119 cm³/mol. The molecule has 1 fully saturated rings. The van der Waals surface area contributed by atoms with Gasteiger partial charge in [-0.05, 0) is 55.3 Å². The molecule has 2 aromatic heterocycles. The van der Waals surface area contributed by atoms with Gasteiger partial charge in [0.1, 0.15) is 5.52 Å². The lowest BCUT2D eigenvalue weighted by molar-refractivity contribution is -0.137. The van der Waals surface area contributed by atoms with Crippen molar-refractivity contribution >= 4 is 33.5 Å². The number of fused-ring (bicyclic) bond motifs is 3. The van der Waals surface area contributed by atoms with Gasteiger partial charge in [0.2, 0.25) is 0 Å². The first-order chi connectivity index (χ1) is 15.7. The van der Waals surface area contributed by atoms with Gasteiger partial charge in [0.15, 0.2) is 0 Å². The summed E-state index contributed by atoms with van der Waals surface area (Å²) in [4.78, 5) is 27.5. The van der Waals surface area contributed by atoms with Crippen molar-refractivity contribution in [3.63, 3.8) is 0 Å². The van der Waals surface area contributed by atoms with Crippen molar-refractivity contribution in [2.45, 2.75) is 19.0 Å². The largest absolute Gasteiger partial charge is 0.416 e. The summed E-state index contributed by atoms with van der Waals surface area (Å²) in [6.45, 7) is 1.41. The van der Waals surface area contributed by atoms with Crippen LogP contribution in [0.15, 0.2) is 53.5 Å². The van der Waals surface area contributed by atoms with E-state index in [0.717, 1.165) is 25.0 Å². The van der Waals surface area contributed by atoms with Crippen LogP contribution in [-0.2, 0) is 13.2 Å². The number of nitrogens with one attached hydrogen (secondary N) is 1. The number of halogens is 3. The van der Waals surface area contributed by atoms with E-state index >= 15 is 0 Å². The highest BCUT2D eigenvalue weighted by atomic mass is 19.4. The molecule has 0 atom stereocenters. The maximum absolute atomic E-state index is 13.3. The standard InChI is InChI=1S/C23H20F3N5O2/c1-29-13-18-20(28-29)17-12-15(27-22(33)30-10-2-3-11-30)6-9-19(17)31(21(18)32)16-7-4-14(5-8-16)23(24,25)26/h4-9,12-13H,2-3,10-11H2,1H3,(H,27,33). The van der Waals surface area contributed by atoms with E-state index < -0.39 is 11.7 Å². The highest BCUT2D eigenvalue weighted by Crippen LogP contribution is 2.31. The van der Waals surface area contributed by atoms with Crippen molar-refractivity contribution in [3.05, 3.63) is 64.6 Å². The van der Waals surface area contributed by atoms with Gasteiger partial charge in [0.05, 0.1) is 16.5 Å². The van der Waals surface area contributed by atoms with Crippen LogP contribution in [0.1, 0.15) is 18.4 Å². The van der Waals surface area contributed by atoms with E-state index in [0.29, 0.717) is 46.3 Å². The molecule has 170 valence electrons. The van der Waals surface area contributed by atoms with Crippen molar-refractivity contribution in [1.82, 2.24) is 19.2 Å². The molecule has 0 unspecified atom stereocenters. The van der Waals surface area contributed by atoms with Crippen molar-refractivity contribution in [2.24, 2.45) is 7.05 Å². The predicted octanol–water partition coefficient (Wildman–Crippen LogP) is 4.52. The number of rotatable bonds is 2. The first-order valence-corrected chi connectivity index (χ1v) is 10.5. The second-order valence-electron chi connectivity index (χ2n) is 8.11. The molecule has 3 heterocycles. The SMILES string of the molecule is Cn1cc2c(=O)n(-c3ccc(C(F)(F)F)cc3)c3ccc(NC(=O)N4CCCC4)cc3c2n1. The zero-order chi connectivity index (χ0) is 23.3. The van der Waals surface area contributed by atoms with E-state index in [-0.39, 0.29) is 11.6 Å². The number of aryl methyl sites for hydroxylation is 1. The summed E-state index contributed by atoms with van der Waals surface area (Å²) in [5, 5.41) is 8.23. The molecule has 33 heavy (non-hydrogen) atoms. The topological polar surface area (TPSA) is 72.2 Å². The Kier molecular flexibility index (Phi) is 4.88. The Balaban J connectivity index is 1.66. The number of alkyl halides is 3. The van der Waals surface area contributed by atoms with Crippen molar-refractivity contribution in [3.8, 4) is 5.69 Å². The summed E-state index contributed by atoms with van der Waals surface area (Å²) >= 11 is 0. The Morgan fingerprint density at radius 3 is 2.39 bits per heavy atom. The molecular weight excluding hydrogens is 435 g/mol. The minimum atomic E-state index is -4.47. The number of pyridine rings is 1. The summed E-state index contributed by atoms with van der Waals surface area (Å²) in [6.07, 6.45) is -0.952. The van der Waals surface area contributed by atoms with Gasteiger partial charge in [-0.2, -0.15) is 18.3 Å². The third-order valence-electron chi connectivity index (χ3n) is 5.85. The summed E-state index contributed by atoms with van der Waals surface area (Å²) < 4.78 is 41.9. The lowest BCUT2D eigenvalue weighted by Gasteiger charge is -2.17. The Hall–Kier alpha value is -3.82. The molecule has 1 N–H and O–H groups in total. The number of benzene rings is 2. The number of anilines is 1. The van der Waals surface area contributed by atoms with Gasteiger partial charge >= 0.3 is 12.2 Å². The Morgan fingerprint density at radius 1 is 1.03 bits per heavy atom. The molecule has 2 aromatic carbocycles. The van der Waals surface area contributed by atoms with E-state index in [4.69, 9.17) is 0 Å². The zero-order valence-corrected chi connectivity index (χ0v) is 17.7. The molecule has 5 rings (SSSR count). The third kappa shape index (κ3) is 3.71. The Labute approximate surface area is 186 Å². The summed E-state index contributed by atoms with van der Waals surface area (Å²) in [5.41, 5.74) is 0.599. The van der Waals surface area contributed by atoms with Crippen molar-refractivity contribution in [1.29, 1.82) is 0 Å². The summed E-state index contributed by atoms with van der Waals surface area (Å²) in [6, 6.07) is 9.33. The number of carbonyl (C=O) groups excluding carboxylic acids is 1. The number of carbonyl (C=O) groups is 1. The molecule has 1 aliphatic rings. The monoisotopic (exact) mass is 455 g/mol. The van der Waals surface area contributed by atoms with Gasteiger partial charge in [-0.1, -0.05) is 0 Å². The minimum Gasteiger partial charge on any atom is -0.325 e. The molecule has 1 aliphatic heterocycles. The van der Waals surface area contributed by atoms with Crippen molar-refractivity contribution < 1.29 is 18.0 Å². The second-order valence-corrected chi connectivity index (χ2v) is 8.11. The first kappa shape index (κ1) is 21.0. The van der Waals surface area contributed by atoms with Gasteiger partial charge in [0, 0.05) is 43.1 Å². The van der Waals surface area contributed by atoms with Crippen LogP contribution in [-0.4, -0.2) is 38.4 Å². The normalized spacial score (nSPS) is 14.4. The molecule has 0 aliphatic carbocycles. The molecule has 10 heteroatoms. The highest BCUT2D eigenvalue weighted by molar-refractivity contribution is 6.06. The Bertz CT molecular complexity index is 1430. The van der Waals surface area contributed by atoms with Gasteiger partial charge in [-0.15, -0.1) is 0 Å². The molecular formula is C23H20F3N5O2. The van der Waals surface area contributed by atoms with Crippen LogP contribution in [0.25, 0.3) is 27.5 Å². The lowest BCUT2D eigenvalue weighted by atomic mass is 10.1. The van der Waals surface area contributed by atoms with Crippen LogP contribution in [0.2, 0.25) is 0 Å². The highest BCUT2D eigenvalue weighted by Gasteiger charge is 2.30. The average molecular weight is 455 g/mol. The lowest BCUT2D eigenvalue weighted by Crippen LogP contribution is -2.32. The first-order valence-electron chi connectivity index (χ1n) is 10.5. The maximum Gasteiger partial charge on any atom is 0.416 e. The molecule has 4 aromatic rings. The van der Waals surface area contributed by atoms with Gasteiger partial charge in [0.25, 0.3) is 5.56 Å². The molecule has 7 nitrogen and oxygen atoms in total. The molecule has 2 amide bonds. The van der Waals surface area contributed by atoms with E-state index in [1.807, 2.05) is 0 Å². The molecule has 0 radical (unpaired) electrons. The number of likely N-dealkylation sites (tertiary alicyclic amines) is 1. The van der Waals surface area contributed by atoms with Crippen LogP contribution in [0.4, 0.5) is 23.7 Å². The fourth-order valence-electron chi connectivity index (χ4n) is 4.25. The van der Waals surface area contributed by atoms with Crippen LogP contribution in [0, 0.1) is 0 Å². The number of amides is 2. The van der Waals surface area contributed by atoms with E-state index in [2.05, 4.69) is 10.4 Å². The van der Waals surface area contributed by atoms with Gasteiger partial charge in [-0.3, -0.25) is 14.0 Å². The minimum absolute atomic E-state index is 0.194. The molecule has 0 bridgehead atoms. The smallest absolute Gasteiger partial charge is 0.325 e. The number of nitrogens with zero attached hydrogens (tertiary/aromatic N) is 4. The van der Waals surface area contributed by atoms with Gasteiger partial charge < -0.3 is 10.2 Å². The third-order valence-corrected chi connectivity index (χ3v) is 5.85. The molecule has 0 saturated carbocycles. The van der Waals surface area contributed by atoms with Crippen LogP contribution in [0.5, 0.6) is 0 Å². The maximum atomic E-state index is 13.3. The molecule has 1 saturated heterocycles. The van der Waals surface area contributed by atoms with Crippen LogP contribution in [0.3, 0.4) is 0 Å². The van der Waals surface area contributed by atoms with E-state index in [1.54, 1.807) is 36.3 Å². The zero-order valence-electron chi connectivity index (χ0n) is 17.7. The number of urea groups is 1. The van der Waals surface area contributed by atoms with Gasteiger partial charge in [-0.25, -0.2) is 4.79 Å². The molecule has 0 spiro atoms. The average Bonchev–Trinajstić information content (AvgIpc) is 3.44. The number of aromatic nitrogens is 3. The van der Waals surface area contributed by atoms with E-state index in [1.165, 1.54) is 21.4 Å². The summed E-state index contributed by atoms with van der Waals surface area (Å²) in [7, 11) is 1.69. The quantitative estimate of drug-likeness (QED) is 0.483. The number of hydrogen-bond acceptors (Lipinski definition) is 3. The van der Waals surface area contributed by atoms with E-state index in [9.17, 15) is 22.8 Å². The van der Waals surface area contributed by atoms with Crippen LogP contribution >= 0.6 is 0 Å². The van der Waals surface area contributed by atoms with Crippen molar-refractivity contribution in [2.75, 3.05) is 18.4 Å². The fourth-order valence-corrected chi connectivity index (χ4v) is 4.25. The van der Waals surface area contributed by atoms with Crippen LogP contribution < -0.4 is 10.9 Å². The fraction of sp³-hybridized carbons (Fsp3) is 0.261. The summed E-state index contributed by atoms with van der Waals surface area (Å²) in [5.74, 6) is 0. The number of hydrogen-bond donors (Lipinski definition) is 1. The Morgan fingerprint density at radius 2 is 1.73 bits per heavy atom.